The molecule has 4 nitrogen and oxygen atoms in total. The van der Waals surface area contributed by atoms with Crippen LogP contribution in [0.25, 0.3) is 6.08 Å². The fourth-order valence-electron chi connectivity index (χ4n) is 1.92. The number of ether oxygens (including phenoxy) is 1. The largest absolute Gasteiger partial charge is 0.468 e. The summed E-state index contributed by atoms with van der Waals surface area (Å²) in [5.74, 6) is -1.57. The van der Waals surface area contributed by atoms with E-state index in [4.69, 9.17) is 4.74 Å². The van der Waals surface area contributed by atoms with E-state index in [2.05, 4.69) is 27.8 Å². The van der Waals surface area contributed by atoms with Crippen LogP contribution in [0.4, 0.5) is 0 Å². The van der Waals surface area contributed by atoms with Crippen LogP contribution in [0.5, 0.6) is 0 Å². The molecular formula is C14H12BrNO3. The number of benzene rings is 1. The molecule has 1 fully saturated rings. The molecule has 1 aliphatic heterocycles. The lowest BCUT2D eigenvalue weighted by Crippen LogP contribution is -2.17. The second-order valence-corrected chi connectivity index (χ2v) is 5.01. The van der Waals surface area contributed by atoms with Gasteiger partial charge in [-0.25, -0.2) is 0 Å². The molecule has 0 aromatic heterocycles. The van der Waals surface area contributed by atoms with E-state index < -0.39 is 11.9 Å². The van der Waals surface area contributed by atoms with Crippen molar-refractivity contribution in [2.75, 3.05) is 7.11 Å². The van der Waals surface area contributed by atoms with Crippen molar-refractivity contribution in [1.82, 2.24) is 5.32 Å². The van der Waals surface area contributed by atoms with Crippen molar-refractivity contribution in [2.45, 2.75) is 0 Å². The van der Waals surface area contributed by atoms with E-state index >= 15 is 0 Å². The van der Waals surface area contributed by atoms with Crippen molar-refractivity contribution in [3.8, 4) is 0 Å². The van der Waals surface area contributed by atoms with Crippen LogP contribution >= 0.6 is 15.9 Å². The highest BCUT2D eigenvalue weighted by molar-refractivity contribution is 9.10. The van der Waals surface area contributed by atoms with Gasteiger partial charge >= 0.3 is 5.97 Å². The van der Waals surface area contributed by atoms with Gasteiger partial charge in [0.1, 0.15) is 5.92 Å². The summed E-state index contributed by atoms with van der Waals surface area (Å²) >= 11 is 3.36. The van der Waals surface area contributed by atoms with Gasteiger partial charge in [0.15, 0.2) is 0 Å². The molecule has 1 heterocycles. The molecule has 0 saturated carbocycles. The van der Waals surface area contributed by atoms with Crippen LogP contribution in [0.3, 0.4) is 0 Å². The average molecular weight is 322 g/mol. The van der Waals surface area contributed by atoms with E-state index in [0.717, 1.165) is 10.0 Å². The average Bonchev–Trinajstić information content (AvgIpc) is 2.63. The molecule has 1 atom stereocenters. The Bertz CT molecular complexity index is 592. The number of amides is 1. The molecule has 0 bridgehead atoms. The lowest BCUT2D eigenvalue weighted by Gasteiger charge is -2.08. The van der Waals surface area contributed by atoms with Crippen molar-refractivity contribution in [2.24, 2.45) is 5.92 Å². The Balaban J connectivity index is 2.43. The first-order valence-corrected chi connectivity index (χ1v) is 6.37. The third kappa shape index (κ3) is 2.76. The standard InChI is InChI=1S/C14H12BrNO3/c1-8-12(14(18)19-2)11(13(17)16-8)7-9-4-3-5-10(15)6-9/h3-7,12H,1H2,2H3,(H,16,17)/b11-7+/t12-/m0/s1. The van der Waals surface area contributed by atoms with Gasteiger partial charge in [0.25, 0.3) is 5.91 Å². The number of rotatable bonds is 2. The molecule has 1 aromatic rings. The number of carbonyl (C=O) groups excluding carboxylic acids is 2. The van der Waals surface area contributed by atoms with Crippen LogP contribution in [0.1, 0.15) is 5.56 Å². The van der Waals surface area contributed by atoms with Crippen molar-refractivity contribution < 1.29 is 14.3 Å². The number of halogens is 1. The first-order valence-electron chi connectivity index (χ1n) is 5.58. The fraction of sp³-hybridized carbons (Fsp3) is 0.143. The molecular weight excluding hydrogens is 310 g/mol. The molecule has 98 valence electrons. The van der Waals surface area contributed by atoms with Crippen LogP contribution in [-0.4, -0.2) is 19.0 Å². The Hall–Kier alpha value is -1.88. The molecule has 1 saturated heterocycles. The highest BCUT2D eigenvalue weighted by Crippen LogP contribution is 2.28. The van der Waals surface area contributed by atoms with Crippen molar-refractivity contribution >= 4 is 33.9 Å². The Labute approximate surface area is 119 Å². The maximum Gasteiger partial charge on any atom is 0.319 e. The normalized spacial score (nSPS) is 20.5. The second-order valence-electron chi connectivity index (χ2n) is 4.09. The monoisotopic (exact) mass is 321 g/mol. The Kier molecular flexibility index (Phi) is 3.85. The maximum absolute atomic E-state index is 11.8. The summed E-state index contributed by atoms with van der Waals surface area (Å²) in [6, 6.07) is 7.44. The highest BCUT2D eigenvalue weighted by Gasteiger charge is 2.37. The van der Waals surface area contributed by atoms with E-state index in [9.17, 15) is 9.59 Å². The lowest BCUT2D eigenvalue weighted by molar-refractivity contribution is -0.142. The zero-order valence-corrected chi connectivity index (χ0v) is 11.9. The summed E-state index contributed by atoms with van der Waals surface area (Å²) in [5, 5.41) is 2.55. The molecule has 0 unspecified atom stereocenters. The Morgan fingerprint density at radius 3 is 2.89 bits per heavy atom. The van der Waals surface area contributed by atoms with Gasteiger partial charge in [0.2, 0.25) is 0 Å². The predicted molar refractivity (Wildman–Crippen MR) is 74.9 cm³/mol. The van der Waals surface area contributed by atoms with Gasteiger partial charge in [-0.3, -0.25) is 9.59 Å². The molecule has 1 aliphatic rings. The molecule has 19 heavy (non-hydrogen) atoms. The quantitative estimate of drug-likeness (QED) is 0.671. The van der Waals surface area contributed by atoms with Crippen LogP contribution in [-0.2, 0) is 14.3 Å². The summed E-state index contributed by atoms with van der Waals surface area (Å²) in [6.07, 6.45) is 1.67. The molecule has 2 rings (SSSR count). The first-order chi connectivity index (χ1) is 9.02. The number of esters is 1. The van der Waals surface area contributed by atoms with Gasteiger partial charge in [0.05, 0.1) is 7.11 Å². The number of hydrogen-bond acceptors (Lipinski definition) is 3. The minimum absolute atomic E-state index is 0.319. The Morgan fingerprint density at radius 1 is 1.53 bits per heavy atom. The van der Waals surface area contributed by atoms with Crippen molar-refractivity contribution in [3.05, 3.63) is 52.2 Å². The van der Waals surface area contributed by atoms with Gasteiger partial charge in [-0.2, -0.15) is 0 Å². The minimum Gasteiger partial charge on any atom is -0.468 e. The van der Waals surface area contributed by atoms with E-state index in [1.807, 2.05) is 24.3 Å². The zero-order valence-electron chi connectivity index (χ0n) is 10.3. The lowest BCUT2D eigenvalue weighted by atomic mass is 9.98. The van der Waals surface area contributed by atoms with Crippen molar-refractivity contribution in [3.63, 3.8) is 0 Å². The van der Waals surface area contributed by atoms with Crippen LogP contribution in [0, 0.1) is 5.92 Å². The minimum atomic E-state index is -0.753. The van der Waals surface area contributed by atoms with Gasteiger partial charge in [0, 0.05) is 15.7 Å². The van der Waals surface area contributed by atoms with Crippen molar-refractivity contribution in [1.29, 1.82) is 0 Å². The molecule has 0 radical (unpaired) electrons. The molecule has 1 N–H and O–H groups in total. The van der Waals surface area contributed by atoms with Gasteiger partial charge in [-0.15, -0.1) is 0 Å². The molecule has 1 aromatic carbocycles. The Morgan fingerprint density at radius 2 is 2.26 bits per heavy atom. The molecule has 0 aliphatic carbocycles. The smallest absolute Gasteiger partial charge is 0.319 e. The molecule has 0 spiro atoms. The zero-order chi connectivity index (χ0) is 14.0. The number of methoxy groups -OCH3 is 1. The highest BCUT2D eigenvalue weighted by atomic mass is 79.9. The van der Waals surface area contributed by atoms with Crippen LogP contribution < -0.4 is 5.32 Å². The molecule has 1 amide bonds. The number of carbonyl (C=O) groups is 2. The summed E-state index contributed by atoms with van der Waals surface area (Å²) < 4.78 is 5.60. The van der Waals surface area contributed by atoms with Crippen LogP contribution in [0.2, 0.25) is 0 Å². The van der Waals surface area contributed by atoms with Gasteiger partial charge < -0.3 is 10.1 Å². The van der Waals surface area contributed by atoms with E-state index in [1.165, 1.54) is 7.11 Å². The third-order valence-electron chi connectivity index (χ3n) is 2.80. The topological polar surface area (TPSA) is 55.4 Å². The third-order valence-corrected chi connectivity index (χ3v) is 3.30. The second kappa shape index (κ2) is 5.40. The SMILES string of the molecule is C=C1NC(=O)/C(=C/c2cccc(Br)c2)[C@H]1C(=O)OC. The van der Waals surface area contributed by atoms with Gasteiger partial charge in [-0.05, 0) is 23.8 Å². The summed E-state index contributed by atoms with van der Waals surface area (Å²) in [4.78, 5) is 23.6. The molecule has 5 heteroatoms. The summed E-state index contributed by atoms with van der Waals surface area (Å²) in [5.41, 5.74) is 1.51. The summed E-state index contributed by atoms with van der Waals surface area (Å²) in [7, 11) is 1.29. The maximum atomic E-state index is 11.8. The first kappa shape index (κ1) is 13.5. The van der Waals surface area contributed by atoms with Crippen LogP contribution in [0.15, 0.2) is 46.6 Å². The number of hydrogen-bond donors (Lipinski definition) is 1. The summed E-state index contributed by atoms with van der Waals surface area (Å²) in [6.45, 7) is 3.68. The fourth-order valence-corrected chi connectivity index (χ4v) is 2.34. The van der Waals surface area contributed by atoms with E-state index in [-0.39, 0.29) is 5.91 Å². The van der Waals surface area contributed by atoms with E-state index in [0.29, 0.717) is 11.3 Å². The van der Waals surface area contributed by atoms with E-state index in [1.54, 1.807) is 6.08 Å². The predicted octanol–water partition coefficient (Wildman–Crippen LogP) is 2.27. The number of nitrogens with one attached hydrogen (secondary N) is 1. The van der Waals surface area contributed by atoms with Gasteiger partial charge in [-0.1, -0.05) is 34.6 Å².